The van der Waals surface area contributed by atoms with Gasteiger partial charge in [0.25, 0.3) is 0 Å². The highest BCUT2D eigenvalue weighted by Crippen LogP contribution is 2.52. The summed E-state index contributed by atoms with van der Waals surface area (Å²) < 4.78 is 0. The molecule has 1 aromatic carbocycles. The van der Waals surface area contributed by atoms with Gasteiger partial charge in [0, 0.05) is 6.42 Å². The highest BCUT2D eigenvalue weighted by atomic mass is 16.4. The zero-order chi connectivity index (χ0) is 15.1. The molecule has 0 saturated heterocycles. The average molecular weight is 274 g/mol. The maximum atomic E-state index is 11.7. The van der Waals surface area contributed by atoms with Crippen molar-refractivity contribution in [1.29, 1.82) is 0 Å². The molecule has 1 aromatic rings. The SMILES string of the molecule is Cc1cc(C)c(C(C)(C)CC=O)c(C2(C(=O)O)CC2)c1. The first-order valence-electron chi connectivity index (χ1n) is 7.04. The second-order valence-electron chi connectivity index (χ2n) is 6.65. The Balaban J connectivity index is 2.68. The molecule has 1 aliphatic carbocycles. The minimum atomic E-state index is -0.745. The maximum Gasteiger partial charge on any atom is 0.314 e. The van der Waals surface area contributed by atoms with E-state index in [2.05, 4.69) is 6.07 Å². The fourth-order valence-corrected chi connectivity index (χ4v) is 3.28. The van der Waals surface area contributed by atoms with E-state index in [1.54, 1.807) is 0 Å². The second-order valence-corrected chi connectivity index (χ2v) is 6.65. The molecule has 1 saturated carbocycles. The van der Waals surface area contributed by atoms with Crippen molar-refractivity contribution >= 4 is 12.3 Å². The number of aryl methyl sites for hydroxylation is 2. The van der Waals surface area contributed by atoms with Crippen LogP contribution in [-0.2, 0) is 20.4 Å². The lowest BCUT2D eigenvalue weighted by Crippen LogP contribution is -2.28. The smallest absolute Gasteiger partial charge is 0.314 e. The van der Waals surface area contributed by atoms with Crippen molar-refractivity contribution in [3.63, 3.8) is 0 Å². The van der Waals surface area contributed by atoms with E-state index in [0.717, 1.165) is 28.5 Å². The first-order valence-corrected chi connectivity index (χ1v) is 7.04. The molecule has 2 rings (SSSR count). The standard InChI is InChI=1S/C17H22O3/c1-11-9-12(2)14(16(3,4)7-8-18)13(10-11)17(5-6-17)15(19)20/h8-10H,5-7H2,1-4H3,(H,19,20). The molecule has 0 bridgehead atoms. The summed E-state index contributed by atoms with van der Waals surface area (Å²) in [5.41, 5.74) is 3.05. The van der Waals surface area contributed by atoms with E-state index in [4.69, 9.17) is 0 Å². The molecule has 1 aliphatic rings. The van der Waals surface area contributed by atoms with Crippen LogP contribution < -0.4 is 0 Å². The Morgan fingerprint density at radius 1 is 1.35 bits per heavy atom. The van der Waals surface area contributed by atoms with Gasteiger partial charge >= 0.3 is 5.97 Å². The van der Waals surface area contributed by atoms with Crippen LogP contribution in [0.2, 0.25) is 0 Å². The quantitative estimate of drug-likeness (QED) is 0.838. The van der Waals surface area contributed by atoms with Crippen LogP contribution in [0.5, 0.6) is 0 Å². The van der Waals surface area contributed by atoms with Gasteiger partial charge in [0.2, 0.25) is 0 Å². The van der Waals surface area contributed by atoms with E-state index < -0.39 is 11.4 Å². The minimum absolute atomic E-state index is 0.333. The lowest BCUT2D eigenvalue weighted by Gasteiger charge is -2.30. The topological polar surface area (TPSA) is 54.4 Å². The molecule has 0 aliphatic heterocycles. The van der Waals surface area contributed by atoms with Gasteiger partial charge in [-0.05, 0) is 48.8 Å². The molecule has 3 nitrogen and oxygen atoms in total. The van der Waals surface area contributed by atoms with Crippen molar-refractivity contribution < 1.29 is 14.7 Å². The minimum Gasteiger partial charge on any atom is -0.481 e. The van der Waals surface area contributed by atoms with Gasteiger partial charge in [0.1, 0.15) is 6.29 Å². The van der Waals surface area contributed by atoms with E-state index in [1.165, 1.54) is 0 Å². The van der Waals surface area contributed by atoms with Crippen LogP contribution in [0.1, 0.15) is 55.4 Å². The molecule has 1 fully saturated rings. The normalized spacial score (nSPS) is 16.8. The van der Waals surface area contributed by atoms with Gasteiger partial charge in [-0.25, -0.2) is 0 Å². The van der Waals surface area contributed by atoms with Crippen LogP contribution in [0.15, 0.2) is 12.1 Å². The van der Waals surface area contributed by atoms with Crippen molar-refractivity contribution in [1.82, 2.24) is 0 Å². The van der Waals surface area contributed by atoms with Crippen LogP contribution in [0, 0.1) is 13.8 Å². The number of rotatable bonds is 5. The van der Waals surface area contributed by atoms with Crippen molar-refractivity contribution in [2.24, 2.45) is 0 Å². The van der Waals surface area contributed by atoms with E-state index in [1.807, 2.05) is 33.8 Å². The zero-order valence-corrected chi connectivity index (χ0v) is 12.6. The summed E-state index contributed by atoms with van der Waals surface area (Å²) in [6.07, 6.45) is 2.70. The lowest BCUT2D eigenvalue weighted by molar-refractivity contribution is -0.140. The van der Waals surface area contributed by atoms with Gasteiger partial charge in [-0.1, -0.05) is 31.5 Å². The number of benzene rings is 1. The van der Waals surface area contributed by atoms with E-state index in [0.29, 0.717) is 19.3 Å². The number of aldehydes is 1. The highest BCUT2D eigenvalue weighted by molar-refractivity contribution is 5.86. The predicted molar refractivity (Wildman–Crippen MR) is 78.2 cm³/mol. The number of hydrogen-bond donors (Lipinski definition) is 1. The number of carbonyl (C=O) groups excluding carboxylic acids is 1. The summed E-state index contributed by atoms with van der Waals surface area (Å²) in [5.74, 6) is -0.745. The molecular formula is C17H22O3. The zero-order valence-electron chi connectivity index (χ0n) is 12.6. The van der Waals surface area contributed by atoms with Gasteiger partial charge < -0.3 is 9.90 Å². The van der Waals surface area contributed by atoms with E-state index in [-0.39, 0.29) is 5.41 Å². The molecule has 0 aromatic heterocycles. The number of carboxylic acid groups (broad SMARTS) is 1. The molecule has 0 radical (unpaired) electrons. The second kappa shape index (κ2) is 4.72. The van der Waals surface area contributed by atoms with Crippen molar-refractivity contribution in [2.75, 3.05) is 0 Å². The molecule has 0 amide bonds. The van der Waals surface area contributed by atoms with Crippen LogP contribution in [0.4, 0.5) is 0 Å². The molecule has 108 valence electrons. The molecule has 0 unspecified atom stereocenters. The van der Waals surface area contributed by atoms with Gasteiger partial charge in [-0.15, -0.1) is 0 Å². The van der Waals surface area contributed by atoms with Crippen LogP contribution in [0.25, 0.3) is 0 Å². The summed E-state index contributed by atoms with van der Waals surface area (Å²) in [4.78, 5) is 22.6. The van der Waals surface area contributed by atoms with Crippen molar-refractivity contribution in [3.05, 3.63) is 34.4 Å². The van der Waals surface area contributed by atoms with Crippen LogP contribution in [0.3, 0.4) is 0 Å². The Hall–Kier alpha value is -1.64. The van der Waals surface area contributed by atoms with Crippen LogP contribution >= 0.6 is 0 Å². The Morgan fingerprint density at radius 2 is 1.95 bits per heavy atom. The van der Waals surface area contributed by atoms with Gasteiger partial charge in [0.15, 0.2) is 0 Å². The first-order chi connectivity index (χ1) is 9.24. The van der Waals surface area contributed by atoms with Crippen LogP contribution in [-0.4, -0.2) is 17.4 Å². The Kier molecular flexibility index (Phi) is 3.49. The lowest BCUT2D eigenvalue weighted by atomic mass is 9.73. The van der Waals surface area contributed by atoms with Gasteiger partial charge in [0.05, 0.1) is 5.41 Å². The summed E-state index contributed by atoms with van der Waals surface area (Å²) in [6.45, 7) is 8.03. The number of aliphatic carboxylic acids is 1. The third kappa shape index (κ3) is 2.26. The number of carbonyl (C=O) groups is 2. The fraction of sp³-hybridized carbons (Fsp3) is 0.529. The Morgan fingerprint density at radius 3 is 2.40 bits per heavy atom. The maximum absolute atomic E-state index is 11.7. The molecular weight excluding hydrogens is 252 g/mol. The predicted octanol–water partition coefficient (Wildman–Crippen LogP) is 3.29. The molecule has 0 heterocycles. The van der Waals surface area contributed by atoms with Crippen molar-refractivity contribution in [2.45, 2.75) is 57.8 Å². The van der Waals surface area contributed by atoms with Gasteiger partial charge in [-0.2, -0.15) is 0 Å². The van der Waals surface area contributed by atoms with E-state index in [9.17, 15) is 14.7 Å². The third-order valence-corrected chi connectivity index (χ3v) is 4.43. The highest BCUT2D eigenvalue weighted by Gasteiger charge is 2.54. The number of carboxylic acids is 1. The molecule has 0 spiro atoms. The fourth-order valence-electron chi connectivity index (χ4n) is 3.28. The number of hydrogen-bond acceptors (Lipinski definition) is 2. The monoisotopic (exact) mass is 274 g/mol. The molecule has 0 atom stereocenters. The molecule has 1 N–H and O–H groups in total. The third-order valence-electron chi connectivity index (χ3n) is 4.43. The summed E-state index contributed by atoms with van der Waals surface area (Å²) in [7, 11) is 0. The first kappa shape index (κ1) is 14.8. The van der Waals surface area contributed by atoms with Gasteiger partial charge in [-0.3, -0.25) is 4.79 Å². The van der Waals surface area contributed by atoms with E-state index >= 15 is 0 Å². The van der Waals surface area contributed by atoms with Crippen molar-refractivity contribution in [3.8, 4) is 0 Å². The molecule has 3 heteroatoms. The summed E-state index contributed by atoms with van der Waals surface area (Å²) in [6, 6.07) is 4.07. The largest absolute Gasteiger partial charge is 0.481 e. The Labute approximate surface area is 120 Å². The average Bonchev–Trinajstić information content (AvgIpc) is 3.07. The molecule has 20 heavy (non-hydrogen) atoms. The summed E-state index contributed by atoms with van der Waals surface area (Å²) in [5, 5.41) is 9.59. The summed E-state index contributed by atoms with van der Waals surface area (Å²) >= 11 is 0. The Bertz CT molecular complexity index is 566.